The summed E-state index contributed by atoms with van der Waals surface area (Å²) in [7, 11) is 0. The van der Waals surface area contributed by atoms with Crippen LogP contribution in [0, 0.1) is 0 Å². The quantitative estimate of drug-likeness (QED) is 0.675. The molecule has 1 saturated heterocycles. The standard InChI is InChI=1S/C21H25F3N4O.2ClH/c1-15(2)27-9-11-28(12-10-27)20(29)17-5-3-16(4-6-17)13-25-18-7-8-19(26-14-18)21(22,23)24;;/h3-8,14-15,25H,9-13H2,1-2H3;2*1H. The maximum atomic E-state index is 12.7. The molecule has 31 heavy (non-hydrogen) atoms. The fraction of sp³-hybridized carbons (Fsp3) is 0.429. The molecule has 0 atom stereocenters. The lowest BCUT2D eigenvalue weighted by Crippen LogP contribution is -2.50. The van der Waals surface area contributed by atoms with Crippen LogP contribution in [0.15, 0.2) is 42.6 Å². The van der Waals surface area contributed by atoms with Crippen molar-refractivity contribution in [3.05, 3.63) is 59.4 Å². The molecule has 0 spiro atoms. The van der Waals surface area contributed by atoms with Gasteiger partial charge in [0.1, 0.15) is 5.69 Å². The number of halogens is 5. The molecule has 1 amide bonds. The van der Waals surface area contributed by atoms with Gasteiger partial charge in [-0.15, -0.1) is 24.8 Å². The second-order valence-electron chi connectivity index (χ2n) is 7.40. The van der Waals surface area contributed by atoms with Crippen LogP contribution in [0.4, 0.5) is 18.9 Å². The molecule has 1 N–H and O–H groups in total. The molecule has 1 aromatic heterocycles. The molecule has 1 aliphatic rings. The predicted octanol–water partition coefficient (Wildman–Crippen LogP) is 4.72. The largest absolute Gasteiger partial charge is 0.433 e. The average molecular weight is 479 g/mol. The van der Waals surface area contributed by atoms with E-state index in [4.69, 9.17) is 0 Å². The maximum Gasteiger partial charge on any atom is 0.433 e. The number of carbonyl (C=O) groups is 1. The van der Waals surface area contributed by atoms with Crippen LogP contribution >= 0.6 is 24.8 Å². The summed E-state index contributed by atoms with van der Waals surface area (Å²) in [5.74, 6) is 0.0276. The Hall–Kier alpha value is -2.03. The van der Waals surface area contributed by atoms with Gasteiger partial charge in [0.2, 0.25) is 0 Å². The Morgan fingerprint density at radius 3 is 2.13 bits per heavy atom. The monoisotopic (exact) mass is 478 g/mol. The Kier molecular flexibility index (Phi) is 10.1. The molecular weight excluding hydrogens is 452 g/mol. The van der Waals surface area contributed by atoms with E-state index in [0.29, 0.717) is 23.8 Å². The first-order chi connectivity index (χ1) is 13.7. The highest BCUT2D eigenvalue weighted by molar-refractivity contribution is 5.94. The molecule has 0 bridgehead atoms. The smallest absolute Gasteiger partial charge is 0.380 e. The van der Waals surface area contributed by atoms with E-state index in [1.165, 1.54) is 6.07 Å². The van der Waals surface area contributed by atoms with Crippen molar-refractivity contribution in [2.75, 3.05) is 31.5 Å². The van der Waals surface area contributed by atoms with Crippen LogP contribution in [0.2, 0.25) is 0 Å². The van der Waals surface area contributed by atoms with E-state index in [0.717, 1.165) is 44.0 Å². The molecular formula is C21H27Cl2F3N4O. The molecule has 0 unspecified atom stereocenters. The average Bonchev–Trinajstić information content (AvgIpc) is 2.72. The van der Waals surface area contributed by atoms with Crippen LogP contribution in [0.3, 0.4) is 0 Å². The minimum absolute atomic E-state index is 0. The molecule has 2 heterocycles. The number of hydrogen-bond donors (Lipinski definition) is 1. The van der Waals surface area contributed by atoms with Gasteiger partial charge in [0, 0.05) is 44.3 Å². The van der Waals surface area contributed by atoms with Gasteiger partial charge in [-0.05, 0) is 43.7 Å². The molecule has 3 rings (SSSR count). The van der Waals surface area contributed by atoms with Gasteiger partial charge in [-0.2, -0.15) is 13.2 Å². The van der Waals surface area contributed by atoms with Crippen molar-refractivity contribution in [2.24, 2.45) is 0 Å². The number of carbonyl (C=O) groups excluding carboxylic acids is 1. The van der Waals surface area contributed by atoms with Crippen LogP contribution in [-0.2, 0) is 12.7 Å². The van der Waals surface area contributed by atoms with Gasteiger partial charge in [-0.25, -0.2) is 4.98 Å². The first-order valence-corrected chi connectivity index (χ1v) is 9.63. The number of amides is 1. The summed E-state index contributed by atoms with van der Waals surface area (Å²) in [5.41, 5.74) is 1.15. The summed E-state index contributed by atoms with van der Waals surface area (Å²) in [5, 5.41) is 3.04. The van der Waals surface area contributed by atoms with Gasteiger partial charge in [0.25, 0.3) is 5.91 Å². The number of alkyl halides is 3. The third-order valence-corrected chi connectivity index (χ3v) is 5.08. The van der Waals surface area contributed by atoms with Crippen LogP contribution in [0.1, 0.15) is 35.5 Å². The molecule has 0 radical (unpaired) electrons. The van der Waals surface area contributed by atoms with Crippen molar-refractivity contribution in [2.45, 2.75) is 32.6 Å². The van der Waals surface area contributed by atoms with Crippen LogP contribution in [-0.4, -0.2) is 52.9 Å². The second-order valence-corrected chi connectivity index (χ2v) is 7.40. The SMILES string of the molecule is CC(C)N1CCN(C(=O)c2ccc(CNc3ccc(C(F)(F)F)nc3)cc2)CC1.Cl.Cl. The van der Waals surface area contributed by atoms with E-state index < -0.39 is 11.9 Å². The number of anilines is 1. The summed E-state index contributed by atoms with van der Waals surface area (Å²) in [6.07, 6.45) is -3.28. The van der Waals surface area contributed by atoms with Crippen molar-refractivity contribution in [3.63, 3.8) is 0 Å². The van der Waals surface area contributed by atoms with Crippen LogP contribution < -0.4 is 5.32 Å². The molecule has 0 saturated carbocycles. The molecule has 2 aromatic rings. The fourth-order valence-electron chi connectivity index (χ4n) is 3.26. The van der Waals surface area contributed by atoms with Crippen LogP contribution in [0.25, 0.3) is 0 Å². The van der Waals surface area contributed by atoms with Crippen molar-refractivity contribution >= 4 is 36.4 Å². The van der Waals surface area contributed by atoms with Gasteiger partial charge < -0.3 is 10.2 Å². The van der Waals surface area contributed by atoms with Gasteiger partial charge >= 0.3 is 6.18 Å². The number of nitrogens with one attached hydrogen (secondary N) is 1. The highest BCUT2D eigenvalue weighted by Gasteiger charge is 2.32. The van der Waals surface area contributed by atoms with Gasteiger partial charge in [0.05, 0.1) is 11.9 Å². The zero-order valence-electron chi connectivity index (χ0n) is 17.4. The number of pyridine rings is 1. The van der Waals surface area contributed by atoms with Crippen molar-refractivity contribution in [1.29, 1.82) is 0 Å². The number of nitrogens with zero attached hydrogens (tertiary/aromatic N) is 3. The molecule has 172 valence electrons. The minimum Gasteiger partial charge on any atom is -0.380 e. The molecule has 0 aliphatic carbocycles. The Labute approximate surface area is 192 Å². The number of hydrogen-bond acceptors (Lipinski definition) is 4. The normalized spacial score (nSPS) is 14.6. The maximum absolute atomic E-state index is 12.7. The van der Waals surface area contributed by atoms with E-state index in [1.807, 2.05) is 17.0 Å². The Bertz CT molecular complexity index is 822. The summed E-state index contributed by atoms with van der Waals surface area (Å²) in [6.45, 7) is 7.95. The lowest BCUT2D eigenvalue weighted by molar-refractivity contribution is -0.141. The summed E-state index contributed by atoms with van der Waals surface area (Å²) < 4.78 is 37.6. The molecule has 10 heteroatoms. The van der Waals surface area contributed by atoms with Crippen molar-refractivity contribution < 1.29 is 18.0 Å². The van der Waals surface area contributed by atoms with E-state index >= 15 is 0 Å². The predicted molar refractivity (Wildman–Crippen MR) is 120 cm³/mol. The van der Waals surface area contributed by atoms with Gasteiger partial charge in [-0.1, -0.05) is 12.1 Å². The van der Waals surface area contributed by atoms with Crippen molar-refractivity contribution in [1.82, 2.24) is 14.8 Å². The van der Waals surface area contributed by atoms with E-state index in [9.17, 15) is 18.0 Å². The zero-order chi connectivity index (χ0) is 21.0. The van der Waals surface area contributed by atoms with Gasteiger partial charge in [0.15, 0.2) is 0 Å². The first-order valence-electron chi connectivity index (χ1n) is 9.63. The highest BCUT2D eigenvalue weighted by Crippen LogP contribution is 2.27. The van der Waals surface area contributed by atoms with E-state index in [-0.39, 0.29) is 30.7 Å². The summed E-state index contributed by atoms with van der Waals surface area (Å²) in [6, 6.07) is 10.1. The van der Waals surface area contributed by atoms with E-state index in [2.05, 4.69) is 29.0 Å². The Morgan fingerprint density at radius 2 is 1.65 bits per heavy atom. The Morgan fingerprint density at radius 1 is 1.03 bits per heavy atom. The third-order valence-electron chi connectivity index (χ3n) is 5.08. The number of aromatic nitrogens is 1. The summed E-state index contributed by atoms with van der Waals surface area (Å²) in [4.78, 5) is 20.3. The number of rotatable bonds is 5. The number of benzene rings is 1. The second kappa shape index (κ2) is 11.5. The fourth-order valence-corrected chi connectivity index (χ4v) is 3.26. The van der Waals surface area contributed by atoms with E-state index in [1.54, 1.807) is 12.1 Å². The lowest BCUT2D eigenvalue weighted by atomic mass is 10.1. The first kappa shape index (κ1) is 27.0. The molecule has 5 nitrogen and oxygen atoms in total. The molecule has 1 aromatic carbocycles. The van der Waals surface area contributed by atoms with Gasteiger partial charge in [-0.3, -0.25) is 9.69 Å². The minimum atomic E-state index is -4.44. The summed E-state index contributed by atoms with van der Waals surface area (Å²) >= 11 is 0. The van der Waals surface area contributed by atoms with Crippen LogP contribution in [0.5, 0.6) is 0 Å². The molecule has 1 aliphatic heterocycles. The zero-order valence-corrected chi connectivity index (χ0v) is 19.0. The molecule has 1 fully saturated rings. The topological polar surface area (TPSA) is 48.5 Å². The highest BCUT2D eigenvalue weighted by atomic mass is 35.5. The number of piperazine rings is 1. The Balaban J connectivity index is 0.00000240. The van der Waals surface area contributed by atoms with Crippen molar-refractivity contribution in [3.8, 4) is 0 Å². The lowest BCUT2D eigenvalue weighted by Gasteiger charge is -2.37. The third kappa shape index (κ3) is 7.26.